The number of hydrogen-bond acceptors (Lipinski definition) is 2. The van der Waals surface area contributed by atoms with Crippen molar-refractivity contribution in [3.63, 3.8) is 0 Å². The number of hydrogen-bond donors (Lipinski definition) is 0. The summed E-state index contributed by atoms with van der Waals surface area (Å²) >= 11 is 3.35. The molecule has 0 radical (unpaired) electrons. The molecule has 0 saturated heterocycles. The summed E-state index contributed by atoms with van der Waals surface area (Å²) in [5, 5.41) is 0.957. The molecule has 3 heteroatoms. The maximum Gasteiger partial charge on any atom is 0.163 e. The molecule has 0 atom stereocenters. The number of ketones is 1. The second kappa shape index (κ2) is 6.62. The van der Waals surface area contributed by atoms with Gasteiger partial charge in [0.2, 0.25) is 0 Å². The zero-order chi connectivity index (χ0) is 11.1. The molecular formula is C12H15BrO2. The van der Waals surface area contributed by atoms with Crippen molar-refractivity contribution in [1.82, 2.24) is 0 Å². The number of carbonyl (C=O) groups excluding carboxylic acids is 1. The number of benzene rings is 1. The van der Waals surface area contributed by atoms with Crippen LogP contribution >= 0.6 is 15.9 Å². The van der Waals surface area contributed by atoms with Crippen LogP contribution in [0.2, 0.25) is 0 Å². The summed E-state index contributed by atoms with van der Waals surface area (Å²) in [4.78, 5) is 11.7. The standard InChI is InChI=1S/C12H15BrO2/c1-15-11-6-4-5-10(9-11)12(14)7-2-3-8-13/h4-6,9H,2-3,7-8H2,1H3. The van der Waals surface area contributed by atoms with E-state index in [4.69, 9.17) is 4.74 Å². The molecule has 15 heavy (non-hydrogen) atoms. The minimum atomic E-state index is 0.190. The van der Waals surface area contributed by atoms with Gasteiger partial charge in [-0.15, -0.1) is 0 Å². The van der Waals surface area contributed by atoms with Gasteiger partial charge in [0, 0.05) is 17.3 Å². The van der Waals surface area contributed by atoms with Gasteiger partial charge in [0.15, 0.2) is 5.78 Å². The van der Waals surface area contributed by atoms with Crippen LogP contribution in [0.5, 0.6) is 5.75 Å². The lowest BCUT2D eigenvalue weighted by molar-refractivity contribution is 0.0979. The van der Waals surface area contributed by atoms with Crippen molar-refractivity contribution in [2.45, 2.75) is 19.3 Å². The molecule has 0 amide bonds. The van der Waals surface area contributed by atoms with Crippen LogP contribution < -0.4 is 4.74 Å². The lowest BCUT2D eigenvalue weighted by Crippen LogP contribution is -1.99. The summed E-state index contributed by atoms with van der Waals surface area (Å²) in [5.74, 6) is 0.927. The monoisotopic (exact) mass is 270 g/mol. The third-order valence-corrected chi connectivity index (χ3v) is 2.74. The first-order chi connectivity index (χ1) is 7.27. The van der Waals surface area contributed by atoms with Crippen molar-refractivity contribution < 1.29 is 9.53 Å². The maximum atomic E-state index is 11.7. The molecule has 0 aliphatic rings. The predicted octanol–water partition coefficient (Wildman–Crippen LogP) is 3.44. The van der Waals surface area contributed by atoms with Crippen LogP contribution in [0, 0.1) is 0 Å². The van der Waals surface area contributed by atoms with E-state index in [9.17, 15) is 4.79 Å². The number of rotatable bonds is 6. The van der Waals surface area contributed by atoms with Gasteiger partial charge in [0.05, 0.1) is 7.11 Å². The number of alkyl halides is 1. The highest BCUT2D eigenvalue weighted by Gasteiger charge is 2.05. The summed E-state index contributed by atoms with van der Waals surface area (Å²) in [6.07, 6.45) is 2.58. The summed E-state index contributed by atoms with van der Waals surface area (Å²) in [6.45, 7) is 0. The van der Waals surface area contributed by atoms with E-state index in [-0.39, 0.29) is 5.78 Å². The van der Waals surface area contributed by atoms with E-state index in [1.807, 2.05) is 18.2 Å². The molecular weight excluding hydrogens is 256 g/mol. The molecule has 1 aromatic carbocycles. The minimum Gasteiger partial charge on any atom is -0.497 e. The quantitative estimate of drug-likeness (QED) is 0.450. The van der Waals surface area contributed by atoms with Crippen molar-refractivity contribution in [1.29, 1.82) is 0 Å². The fraction of sp³-hybridized carbons (Fsp3) is 0.417. The summed E-state index contributed by atoms with van der Waals surface area (Å²) < 4.78 is 5.07. The van der Waals surface area contributed by atoms with E-state index in [2.05, 4.69) is 15.9 Å². The molecule has 0 aliphatic heterocycles. The molecule has 0 spiro atoms. The number of Topliss-reactive ketones (excluding diaryl/α,β-unsaturated/α-hetero) is 1. The van der Waals surface area contributed by atoms with Gasteiger partial charge in [-0.1, -0.05) is 28.1 Å². The molecule has 1 rings (SSSR count). The second-order valence-corrected chi connectivity index (χ2v) is 4.09. The Morgan fingerprint density at radius 3 is 2.87 bits per heavy atom. The van der Waals surface area contributed by atoms with E-state index in [1.165, 1.54) is 0 Å². The zero-order valence-corrected chi connectivity index (χ0v) is 10.4. The molecule has 0 heterocycles. The average molecular weight is 271 g/mol. The molecule has 0 aromatic heterocycles. The lowest BCUT2D eigenvalue weighted by atomic mass is 10.1. The van der Waals surface area contributed by atoms with E-state index < -0.39 is 0 Å². The van der Waals surface area contributed by atoms with E-state index in [0.29, 0.717) is 6.42 Å². The Bertz CT molecular complexity index is 323. The van der Waals surface area contributed by atoms with Crippen molar-refractivity contribution in [3.05, 3.63) is 29.8 Å². The summed E-state index contributed by atoms with van der Waals surface area (Å²) in [5.41, 5.74) is 0.740. The molecule has 2 nitrogen and oxygen atoms in total. The first-order valence-corrected chi connectivity index (χ1v) is 6.13. The summed E-state index contributed by atoms with van der Waals surface area (Å²) in [6, 6.07) is 7.31. The van der Waals surface area contributed by atoms with Gasteiger partial charge in [0.1, 0.15) is 5.75 Å². The second-order valence-electron chi connectivity index (χ2n) is 3.30. The molecule has 0 fully saturated rings. The first kappa shape index (κ1) is 12.2. The van der Waals surface area contributed by atoms with Crippen molar-refractivity contribution >= 4 is 21.7 Å². The molecule has 0 unspecified atom stereocenters. The zero-order valence-electron chi connectivity index (χ0n) is 8.83. The number of carbonyl (C=O) groups is 1. The van der Waals surface area contributed by atoms with Crippen LogP contribution in [-0.4, -0.2) is 18.2 Å². The smallest absolute Gasteiger partial charge is 0.163 e. The SMILES string of the molecule is COc1cccc(C(=O)CCCCBr)c1. The van der Waals surface area contributed by atoms with Gasteiger partial charge >= 0.3 is 0 Å². The highest BCUT2D eigenvalue weighted by atomic mass is 79.9. The first-order valence-electron chi connectivity index (χ1n) is 5.01. The number of methoxy groups -OCH3 is 1. The lowest BCUT2D eigenvalue weighted by Gasteiger charge is -2.03. The Morgan fingerprint density at radius 2 is 2.20 bits per heavy atom. The van der Waals surface area contributed by atoms with Gasteiger partial charge in [-0.05, 0) is 25.0 Å². The summed E-state index contributed by atoms with van der Waals surface area (Å²) in [7, 11) is 1.61. The van der Waals surface area contributed by atoms with Crippen molar-refractivity contribution in [2.75, 3.05) is 12.4 Å². The minimum absolute atomic E-state index is 0.190. The van der Waals surface area contributed by atoms with Crippen LogP contribution in [0.3, 0.4) is 0 Å². The Labute approximate surface area is 98.8 Å². The maximum absolute atomic E-state index is 11.7. The van der Waals surface area contributed by atoms with Crippen molar-refractivity contribution in [3.8, 4) is 5.75 Å². The number of halogens is 1. The Balaban J connectivity index is 2.57. The molecule has 0 N–H and O–H groups in total. The average Bonchev–Trinajstić information content (AvgIpc) is 2.29. The Hall–Kier alpha value is -0.830. The molecule has 82 valence electrons. The number of ether oxygens (including phenoxy) is 1. The Kier molecular flexibility index (Phi) is 5.40. The van der Waals surface area contributed by atoms with Gasteiger partial charge in [0.25, 0.3) is 0 Å². The normalized spacial score (nSPS) is 10.0. The van der Waals surface area contributed by atoms with E-state index >= 15 is 0 Å². The van der Waals surface area contributed by atoms with Gasteiger partial charge < -0.3 is 4.74 Å². The molecule has 0 bridgehead atoms. The predicted molar refractivity (Wildman–Crippen MR) is 65.0 cm³/mol. The van der Waals surface area contributed by atoms with Gasteiger partial charge in [-0.2, -0.15) is 0 Å². The highest BCUT2D eigenvalue weighted by Crippen LogP contribution is 2.15. The van der Waals surface area contributed by atoms with Crippen LogP contribution in [0.15, 0.2) is 24.3 Å². The fourth-order valence-electron chi connectivity index (χ4n) is 1.32. The van der Waals surface area contributed by atoms with Gasteiger partial charge in [-0.25, -0.2) is 0 Å². The fourth-order valence-corrected chi connectivity index (χ4v) is 1.72. The van der Waals surface area contributed by atoms with Gasteiger partial charge in [-0.3, -0.25) is 4.79 Å². The van der Waals surface area contributed by atoms with E-state index in [0.717, 1.165) is 29.5 Å². The van der Waals surface area contributed by atoms with E-state index in [1.54, 1.807) is 13.2 Å². The largest absolute Gasteiger partial charge is 0.497 e. The van der Waals surface area contributed by atoms with Crippen molar-refractivity contribution in [2.24, 2.45) is 0 Å². The van der Waals surface area contributed by atoms with Crippen LogP contribution in [0.1, 0.15) is 29.6 Å². The van der Waals surface area contributed by atoms with Crippen LogP contribution in [-0.2, 0) is 0 Å². The van der Waals surface area contributed by atoms with Crippen LogP contribution in [0.25, 0.3) is 0 Å². The molecule has 0 saturated carbocycles. The third kappa shape index (κ3) is 4.04. The van der Waals surface area contributed by atoms with Crippen LogP contribution in [0.4, 0.5) is 0 Å². The number of unbranched alkanes of at least 4 members (excludes halogenated alkanes) is 1. The third-order valence-electron chi connectivity index (χ3n) is 2.18. The molecule has 0 aliphatic carbocycles. The highest BCUT2D eigenvalue weighted by molar-refractivity contribution is 9.09. The Morgan fingerprint density at radius 1 is 1.40 bits per heavy atom. The topological polar surface area (TPSA) is 26.3 Å². The molecule has 1 aromatic rings.